The molecule has 5 heteroatoms. The maximum Gasteiger partial charge on any atom is 0.255 e. The predicted octanol–water partition coefficient (Wildman–Crippen LogP) is 4.75. The summed E-state index contributed by atoms with van der Waals surface area (Å²) >= 11 is 0. The van der Waals surface area contributed by atoms with E-state index in [-0.39, 0.29) is 11.7 Å². The van der Waals surface area contributed by atoms with Crippen LogP contribution >= 0.6 is 0 Å². The van der Waals surface area contributed by atoms with Crippen LogP contribution in [0.4, 0.5) is 5.69 Å². The highest BCUT2D eigenvalue weighted by molar-refractivity contribution is 6.12. The number of fused-ring (bicyclic) bond motifs is 1. The summed E-state index contributed by atoms with van der Waals surface area (Å²) in [6, 6.07) is 18.3. The molecule has 0 aliphatic heterocycles. The Hall–Kier alpha value is -3.60. The summed E-state index contributed by atoms with van der Waals surface area (Å²) in [4.78, 5) is 25.2. The van der Waals surface area contributed by atoms with Gasteiger partial charge in [-0.1, -0.05) is 24.3 Å². The van der Waals surface area contributed by atoms with Crippen LogP contribution in [0.1, 0.15) is 32.7 Å². The largest absolute Gasteiger partial charge is 0.497 e. The number of hydrogen-bond donors (Lipinski definition) is 1. The number of rotatable bonds is 5. The van der Waals surface area contributed by atoms with Crippen LogP contribution < -0.4 is 14.8 Å². The van der Waals surface area contributed by atoms with Gasteiger partial charge in [-0.05, 0) is 53.4 Å². The van der Waals surface area contributed by atoms with Crippen molar-refractivity contribution in [3.8, 4) is 22.6 Å². The van der Waals surface area contributed by atoms with E-state index in [0.29, 0.717) is 41.2 Å². The van der Waals surface area contributed by atoms with Gasteiger partial charge >= 0.3 is 0 Å². The number of anilines is 1. The van der Waals surface area contributed by atoms with Crippen LogP contribution in [0.25, 0.3) is 11.1 Å². The van der Waals surface area contributed by atoms with Gasteiger partial charge in [0.25, 0.3) is 5.91 Å². The second-order valence-corrected chi connectivity index (χ2v) is 6.86. The van der Waals surface area contributed by atoms with Gasteiger partial charge < -0.3 is 14.8 Å². The lowest BCUT2D eigenvalue weighted by Crippen LogP contribution is -2.14. The number of methoxy groups -OCH3 is 2. The quantitative estimate of drug-likeness (QED) is 0.686. The summed E-state index contributed by atoms with van der Waals surface area (Å²) in [6.07, 6.45) is 1.07. The molecular formula is C24H21NO4. The van der Waals surface area contributed by atoms with E-state index < -0.39 is 0 Å². The minimum Gasteiger partial charge on any atom is -0.497 e. The van der Waals surface area contributed by atoms with Crippen LogP contribution in [0.15, 0.2) is 60.7 Å². The highest BCUT2D eigenvalue weighted by Gasteiger charge is 2.27. The molecule has 0 unspecified atom stereocenters. The molecule has 1 amide bonds. The fraction of sp³-hybridized carbons (Fsp3) is 0.167. The van der Waals surface area contributed by atoms with Crippen molar-refractivity contribution in [2.24, 2.45) is 0 Å². The lowest BCUT2D eigenvalue weighted by atomic mass is 9.95. The zero-order valence-corrected chi connectivity index (χ0v) is 16.3. The molecule has 0 saturated heterocycles. The minimum absolute atomic E-state index is 0.0417. The first kappa shape index (κ1) is 18.7. The molecule has 0 aromatic heterocycles. The minimum atomic E-state index is -0.233. The van der Waals surface area contributed by atoms with Crippen LogP contribution in [0, 0.1) is 0 Å². The fourth-order valence-corrected chi connectivity index (χ4v) is 3.71. The van der Waals surface area contributed by atoms with Gasteiger partial charge in [0.2, 0.25) is 0 Å². The number of carbonyl (C=O) groups excluding carboxylic acids is 2. The van der Waals surface area contributed by atoms with Gasteiger partial charge in [-0.25, -0.2) is 0 Å². The first-order valence-electron chi connectivity index (χ1n) is 9.39. The summed E-state index contributed by atoms with van der Waals surface area (Å²) in [5.41, 5.74) is 4.49. The molecule has 0 fully saturated rings. The highest BCUT2D eigenvalue weighted by Crippen LogP contribution is 2.39. The van der Waals surface area contributed by atoms with Gasteiger partial charge in [0.1, 0.15) is 11.5 Å². The maximum atomic E-state index is 12.6. The zero-order valence-electron chi connectivity index (χ0n) is 16.3. The van der Waals surface area contributed by atoms with E-state index in [4.69, 9.17) is 9.47 Å². The molecule has 0 saturated carbocycles. The SMILES string of the molecule is COc1cc(OC)cc(-c2ccc(NC(=O)c3ccccc3)c3c2CCC3=O)c1. The monoisotopic (exact) mass is 387 g/mol. The molecule has 1 aliphatic carbocycles. The molecule has 29 heavy (non-hydrogen) atoms. The second kappa shape index (κ2) is 7.80. The molecule has 0 spiro atoms. The topological polar surface area (TPSA) is 64.6 Å². The van der Waals surface area contributed by atoms with Crippen LogP contribution in [0.5, 0.6) is 11.5 Å². The third-order valence-corrected chi connectivity index (χ3v) is 5.14. The number of nitrogens with one attached hydrogen (secondary N) is 1. The normalized spacial score (nSPS) is 12.4. The van der Waals surface area contributed by atoms with E-state index in [0.717, 1.165) is 16.7 Å². The van der Waals surface area contributed by atoms with Crippen molar-refractivity contribution in [2.45, 2.75) is 12.8 Å². The smallest absolute Gasteiger partial charge is 0.255 e. The van der Waals surface area contributed by atoms with Crippen LogP contribution in [0.2, 0.25) is 0 Å². The van der Waals surface area contributed by atoms with Gasteiger partial charge in [-0.15, -0.1) is 0 Å². The Kier molecular flexibility index (Phi) is 5.04. The van der Waals surface area contributed by atoms with Crippen LogP contribution in [0.3, 0.4) is 0 Å². The molecule has 1 N–H and O–H groups in total. The lowest BCUT2D eigenvalue weighted by Gasteiger charge is -2.15. The van der Waals surface area contributed by atoms with Crippen molar-refractivity contribution in [3.05, 3.63) is 77.4 Å². The van der Waals surface area contributed by atoms with Crippen LogP contribution in [-0.4, -0.2) is 25.9 Å². The highest BCUT2D eigenvalue weighted by atomic mass is 16.5. The summed E-state index contributed by atoms with van der Waals surface area (Å²) in [7, 11) is 3.21. The Morgan fingerprint density at radius 1 is 0.897 bits per heavy atom. The Morgan fingerprint density at radius 2 is 1.59 bits per heavy atom. The molecule has 1 aliphatic rings. The molecular weight excluding hydrogens is 366 g/mol. The maximum absolute atomic E-state index is 12.6. The van der Waals surface area contributed by atoms with Gasteiger partial charge in [0.05, 0.1) is 19.9 Å². The summed E-state index contributed by atoms with van der Waals surface area (Å²) in [5, 5.41) is 2.90. The fourth-order valence-electron chi connectivity index (χ4n) is 3.71. The predicted molar refractivity (Wildman–Crippen MR) is 112 cm³/mol. The Labute approximate surface area is 169 Å². The summed E-state index contributed by atoms with van der Waals surface area (Å²) < 4.78 is 10.8. The van der Waals surface area contributed by atoms with Crippen molar-refractivity contribution in [1.82, 2.24) is 0 Å². The number of carbonyl (C=O) groups is 2. The Morgan fingerprint density at radius 3 is 2.24 bits per heavy atom. The van der Waals surface area contributed by atoms with E-state index in [9.17, 15) is 9.59 Å². The molecule has 5 nitrogen and oxygen atoms in total. The third kappa shape index (κ3) is 3.59. The van der Waals surface area contributed by atoms with Crippen molar-refractivity contribution in [3.63, 3.8) is 0 Å². The standard InChI is InChI=1S/C24H21NO4/c1-28-17-12-16(13-18(14-17)29-2)19-8-10-21(23-20(19)9-11-22(23)26)25-24(27)15-6-4-3-5-7-15/h3-8,10,12-14H,9,11H2,1-2H3,(H,25,27). The molecule has 0 bridgehead atoms. The van der Waals surface area contributed by atoms with Gasteiger partial charge in [0.15, 0.2) is 5.78 Å². The molecule has 3 aromatic rings. The number of hydrogen-bond acceptors (Lipinski definition) is 4. The van der Waals surface area contributed by atoms with Gasteiger partial charge in [-0.3, -0.25) is 9.59 Å². The first-order chi connectivity index (χ1) is 14.1. The average molecular weight is 387 g/mol. The molecule has 4 rings (SSSR count). The van der Waals surface area contributed by atoms with Gasteiger partial charge in [0, 0.05) is 23.6 Å². The lowest BCUT2D eigenvalue weighted by molar-refractivity contribution is 0.0995. The molecule has 0 radical (unpaired) electrons. The first-order valence-corrected chi connectivity index (χ1v) is 9.39. The second-order valence-electron chi connectivity index (χ2n) is 6.86. The molecule has 146 valence electrons. The number of benzene rings is 3. The molecule has 0 heterocycles. The number of Topliss-reactive ketones (excluding diaryl/α,β-unsaturated/α-hetero) is 1. The van der Waals surface area contributed by atoms with E-state index in [1.165, 1.54) is 0 Å². The van der Waals surface area contributed by atoms with E-state index >= 15 is 0 Å². The van der Waals surface area contributed by atoms with Crippen molar-refractivity contribution < 1.29 is 19.1 Å². The van der Waals surface area contributed by atoms with E-state index in [1.54, 1.807) is 32.4 Å². The van der Waals surface area contributed by atoms with Crippen molar-refractivity contribution >= 4 is 17.4 Å². The number of amides is 1. The Bertz CT molecular complexity index is 1070. The van der Waals surface area contributed by atoms with E-state index in [1.807, 2.05) is 42.5 Å². The number of ether oxygens (including phenoxy) is 2. The van der Waals surface area contributed by atoms with Crippen LogP contribution in [-0.2, 0) is 6.42 Å². The van der Waals surface area contributed by atoms with Crippen molar-refractivity contribution in [2.75, 3.05) is 19.5 Å². The molecule has 3 aromatic carbocycles. The third-order valence-electron chi connectivity index (χ3n) is 5.14. The van der Waals surface area contributed by atoms with Crippen molar-refractivity contribution in [1.29, 1.82) is 0 Å². The zero-order chi connectivity index (χ0) is 20.4. The Balaban J connectivity index is 1.76. The summed E-state index contributed by atoms with van der Waals surface area (Å²) in [5.74, 6) is 1.17. The summed E-state index contributed by atoms with van der Waals surface area (Å²) in [6.45, 7) is 0. The average Bonchev–Trinajstić information content (AvgIpc) is 3.16. The number of ketones is 1. The molecule has 0 atom stereocenters. The van der Waals surface area contributed by atoms with Gasteiger partial charge in [-0.2, -0.15) is 0 Å². The van der Waals surface area contributed by atoms with E-state index in [2.05, 4.69) is 5.32 Å².